The first-order valence-electron chi connectivity index (χ1n) is 7.64. The van der Waals surface area contributed by atoms with E-state index in [9.17, 15) is 0 Å². The minimum Gasteiger partial charge on any atom is -0.382 e. The summed E-state index contributed by atoms with van der Waals surface area (Å²) in [5, 5.41) is 17.9. The lowest BCUT2D eigenvalue weighted by Gasteiger charge is -2.40. The molecule has 0 bridgehead atoms. The molecule has 1 aliphatic carbocycles. The fraction of sp³-hybridized carbons (Fsp3) is 0.562. The highest BCUT2D eigenvalue weighted by molar-refractivity contribution is 5.62. The van der Waals surface area contributed by atoms with Gasteiger partial charge in [0.25, 0.3) is 0 Å². The summed E-state index contributed by atoms with van der Waals surface area (Å²) in [6.45, 7) is 7.09. The average molecular weight is 285 g/mol. The maximum atomic E-state index is 4.03. The largest absolute Gasteiger partial charge is 0.382 e. The fourth-order valence-corrected chi connectivity index (χ4v) is 3.41. The van der Waals surface area contributed by atoms with E-state index < -0.39 is 0 Å². The van der Waals surface area contributed by atoms with Gasteiger partial charge in [-0.2, -0.15) is 5.21 Å². The molecule has 21 heavy (non-hydrogen) atoms. The lowest BCUT2D eigenvalue weighted by atomic mass is 9.70. The summed E-state index contributed by atoms with van der Waals surface area (Å²) in [5.74, 6) is 1.32. The van der Waals surface area contributed by atoms with Crippen LogP contribution in [-0.2, 0) is 0 Å². The van der Waals surface area contributed by atoms with Gasteiger partial charge in [0.2, 0.25) is 5.82 Å². The third-order valence-corrected chi connectivity index (χ3v) is 4.51. The van der Waals surface area contributed by atoms with Crippen LogP contribution in [0.4, 0.5) is 5.69 Å². The second-order valence-electron chi connectivity index (χ2n) is 6.95. The molecule has 1 aromatic heterocycles. The molecule has 5 nitrogen and oxygen atoms in total. The first-order chi connectivity index (χ1) is 10.0. The molecule has 1 aliphatic rings. The van der Waals surface area contributed by atoms with Crippen LogP contribution in [0.5, 0.6) is 0 Å². The Bertz CT molecular complexity index is 590. The Kier molecular flexibility index (Phi) is 3.66. The van der Waals surface area contributed by atoms with Gasteiger partial charge < -0.3 is 5.32 Å². The summed E-state index contributed by atoms with van der Waals surface area (Å²) in [5.41, 5.74) is 2.59. The van der Waals surface area contributed by atoms with Crippen LogP contribution in [0.15, 0.2) is 24.3 Å². The second-order valence-corrected chi connectivity index (χ2v) is 6.95. The van der Waals surface area contributed by atoms with Crippen molar-refractivity contribution in [2.24, 2.45) is 11.3 Å². The summed E-state index contributed by atoms with van der Waals surface area (Å²) in [4.78, 5) is 0. The molecule has 3 rings (SSSR count). The van der Waals surface area contributed by atoms with Crippen molar-refractivity contribution in [1.29, 1.82) is 0 Å². The summed E-state index contributed by atoms with van der Waals surface area (Å²) in [7, 11) is 0. The summed E-state index contributed by atoms with van der Waals surface area (Å²) in [6, 6.07) is 8.78. The van der Waals surface area contributed by atoms with Crippen molar-refractivity contribution in [1.82, 2.24) is 20.6 Å². The Labute approximate surface area is 125 Å². The van der Waals surface area contributed by atoms with Gasteiger partial charge in [-0.1, -0.05) is 32.9 Å². The van der Waals surface area contributed by atoms with Crippen LogP contribution < -0.4 is 5.32 Å². The van der Waals surface area contributed by atoms with Gasteiger partial charge in [-0.25, -0.2) is 0 Å². The number of anilines is 1. The topological polar surface area (TPSA) is 66.5 Å². The molecule has 2 N–H and O–H groups in total. The lowest BCUT2D eigenvalue weighted by molar-refractivity contribution is 0.177. The number of aromatic nitrogens is 4. The van der Waals surface area contributed by atoms with E-state index in [4.69, 9.17) is 0 Å². The van der Waals surface area contributed by atoms with Crippen LogP contribution in [-0.4, -0.2) is 26.7 Å². The van der Waals surface area contributed by atoms with Gasteiger partial charge in [-0.05, 0) is 47.9 Å². The summed E-state index contributed by atoms with van der Waals surface area (Å²) in [6.07, 6.45) is 3.77. The Hall–Kier alpha value is -1.91. The molecule has 2 unspecified atom stereocenters. The molecule has 1 aromatic carbocycles. The molecule has 0 amide bonds. The summed E-state index contributed by atoms with van der Waals surface area (Å²) < 4.78 is 0. The molecular formula is C16H23N5. The maximum Gasteiger partial charge on any atom is 0.204 e. The zero-order valence-electron chi connectivity index (χ0n) is 12.9. The van der Waals surface area contributed by atoms with Gasteiger partial charge in [-0.3, -0.25) is 0 Å². The predicted molar refractivity (Wildman–Crippen MR) is 83.8 cm³/mol. The van der Waals surface area contributed by atoms with E-state index in [1.807, 2.05) is 12.1 Å². The second kappa shape index (κ2) is 5.47. The minimum atomic E-state index is 0.476. The number of hydrogen-bond acceptors (Lipinski definition) is 4. The molecule has 1 heterocycles. The lowest BCUT2D eigenvalue weighted by Crippen LogP contribution is -2.36. The average Bonchev–Trinajstić information content (AvgIpc) is 2.96. The van der Waals surface area contributed by atoms with Crippen molar-refractivity contribution in [2.45, 2.75) is 46.1 Å². The molecule has 2 atom stereocenters. The van der Waals surface area contributed by atoms with Crippen LogP contribution in [0, 0.1) is 11.3 Å². The number of nitrogens with zero attached hydrogens (tertiary/aromatic N) is 3. The highest BCUT2D eigenvalue weighted by atomic mass is 15.5. The predicted octanol–water partition coefficient (Wildman–Crippen LogP) is 3.49. The van der Waals surface area contributed by atoms with Crippen LogP contribution >= 0.6 is 0 Å². The molecule has 1 fully saturated rings. The molecule has 5 heteroatoms. The van der Waals surface area contributed by atoms with Gasteiger partial charge in [0.15, 0.2) is 0 Å². The van der Waals surface area contributed by atoms with Crippen LogP contribution in [0.2, 0.25) is 0 Å². The first kappa shape index (κ1) is 14.0. The zero-order valence-corrected chi connectivity index (χ0v) is 12.9. The maximum absolute atomic E-state index is 4.03. The smallest absolute Gasteiger partial charge is 0.204 e. The SMILES string of the molecule is CC1CC(C)(C)CCC1Nc1cccc(-c2nn[nH]n2)c1. The van der Waals surface area contributed by atoms with Crippen molar-refractivity contribution in [3.63, 3.8) is 0 Å². The van der Waals surface area contributed by atoms with E-state index in [0.29, 0.717) is 23.2 Å². The highest BCUT2D eigenvalue weighted by Crippen LogP contribution is 2.39. The molecule has 0 spiro atoms. The molecule has 112 valence electrons. The molecule has 0 saturated heterocycles. The van der Waals surface area contributed by atoms with Gasteiger partial charge in [0.05, 0.1) is 0 Å². The van der Waals surface area contributed by atoms with Crippen molar-refractivity contribution in [3.8, 4) is 11.4 Å². The van der Waals surface area contributed by atoms with E-state index in [1.54, 1.807) is 0 Å². The number of aromatic amines is 1. The monoisotopic (exact) mass is 285 g/mol. The third-order valence-electron chi connectivity index (χ3n) is 4.51. The highest BCUT2D eigenvalue weighted by Gasteiger charge is 2.32. The summed E-state index contributed by atoms with van der Waals surface area (Å²) >= 11 is 0. The number of rotatable bonds is 3. The van der Waals surface area contributed by atoms with Gasteiger partial charge in [-0.15, -0.1) is 10.2 Å². The van der Waals surface area contributed by atoms with E-state index in [0.717, 1.165) is 11.3 Å². The molecule has 2 aromatic rings. The Morgan fingerprint density at radius 2 is 2.19 bits per heavy atom. The Morgan fingerprint density at radius 1 is 1.33 bits per heavy atom. The van der Waals surface area contributed by atoms with Crippen molar-refractivity contribution in [3.05, 3.63) is 24.3 Å². The normalized spacial score (nSPS) is 24.7. The van der Waals surface area contributed by atoms with E-state index >= 15 is 0 Å². The van der Waals surface area contributed by atoms with Crippen LogP contribution in [0.25, 0.3) is 11.4 Å². The third kappa shape index (κ3) is 3.23. The Morgan fingerprint density at radius 3 is 2.90 bits per heavy atom. The quantitative estimate of drug-likeness (QED) is 0.906. The van der Waals surface area contributed by atoms with Gasteiger partial charge in [0.1, 0.15) is 0 Å². The molecular weight excluding hydrogens is 262 g/mol. The van der Waals surface area contributed by atoms with Crippen molar-refractivity contribution < 1.29 is 0 Å². The fourth-order valence-electron chi connectivity index (χ4n) is 3.41. The van der Waals surface area contributed by atoms with Crippen molar-refractivity contribution in [2.75, 3.05) is 5.32 Å². The van der Waals surface area contributed by atoms with Gasteiger partial charge >= 0.3 is 0 Å². The van der Waals surface area contributed by atoms with Crippen LogP contribution in [0.3, 0.4) is 0 Å². The van der Waals surface area contributed by atoms with E-state index in [2.05, 4.69) is 58.8 Å². The minimum absolute atomic E-state index is 0.476. The molecule has 1 saturated carbocycles. The first-order valence-corrected chi connectivity index (χ1v) is 7.64. The number of hydrogen-bond donors (Lipinski definition) is 2. The standard InChI is InChI=1S/C16H23N5/c1-11-10-16(2,3)8-7-14(11)17-13-6-4-5-12(9-13)15-18-20-21-19-15/h4-6,9,11,14,17H,7-8,10H2,1-3H3,(H,18,19,20,21). The van der Waals surface area contributed by atoms with Gasteiger partial charge in [0, 0.05) is 17.3 Å². The number of H-pyrrole nitrogens is 1. The number of tetrazole rings is 1. The number of benzene rings is 1. The Balaban J connectivity index is 1.72. The number of nitrogens with one attached hydrogen (secondary N) is 2. The van der Waals surface area contributed by atoms with Crippen LogP contribution in [0.1, 0.15) is 40.0 Å². The molecule has 0 radical (unpaired) electrons. The van der Waals surface area contributed by atoms with E-state index in [-0.39, 0.29) is 0 Å². The zero-order chi connectivity index (χ0) is 14.9. The van der Waals surface area contributed by atoms with Crippen molar-refractivity contribution >= 4 is 5.69 Å². The molecule has 0 aliphatic heterocycles. The van der Waals surface area contributed by atoms with E-state index in [1.165, 1.54) is 19.3 Å².